The van der Waals surface area contributed by atoms with E-state index in [0.29, 0.717) is 5.78 Å². The van der Waals surface area contributed by atoms with Gasteiger partial charge in [0.15, 0.2) is 6.61 Å². The number of rotatable bonds is 5. The molecule has 0 aliphatic carbocycles. The summed E-state index contributed by atoms with van der Waals surface area (Å²) in [6, 6.07) is 11.2. The van der Waals surface area contributed by atoms with Crippen LogP contribution in [0.2, 0.25) is 0 Å². The lowest BCUT2D eigenvalue weighted by atomic mass is 10.1. The zero-order chi connectivity index (χ0) is 18.7. The number of hydrogen-bond acceptors (Lipinski definition) is 6. The predicted molar refractivity (Wildman–Crippen MR) is 93.5 cm³/mol. The molecule has 1 atom stereocenters. The van der Waals surface area contributed by atoms with E-state index < -0.39 is 18.5 Å². The molecule has 0 spiro atoms. The average molecular weight is 353 g/mol. The van der Waals surface area contributed by atoms with E-state index in [1.165, 1.54) is 4.52 Å². The molecule has 1 amide bonds. The fourth-order valence-corrected chi connectivity index (χ4v) is 2.56. The van der Waals surface area contributed by atoms with Gasteiger partial charge >= 0.3 is 5.97 Å². The van der Waals surface area contributed by atoms with Gasteiger partial charge in [-0.3, -0.25) is 4.79 Å². The van der Waals surface area contributed by atoms with Gasteiger partial charge in [0, 0.05) is 11.4 Å². The van der Waals surface area contributed by atoms with Crippen LogP contribution in [-0.4, -0.2) is 38.1 Å². The standard InChI is InChI=1S/C18H19N5O3/c1-11-9-12(2)23-18(19-11)21-16(22-23)17(25)26-10-15(24)20-13(3)14-7-5-4-6-8-14/h4-9,13H,10H2,1-3H3,(H,20,24). The highest BCUT2D eigenvalue weighted by atomic mass is 16.5. The van der Waals surface area contributed by atoms with Gasteiger partial charge in [0.1, 0.15) is 0 Å². The van der Waals surface area contributed by atoms with Gasteiger partial charge in [0.05, 0.1) is 6.04 Å². The summed E-state index contributed by atoms with van der Waals surface area (Å²) in [6.45, 7) is 5.12. The number of amides is 1. The maximum absolute atomic E-state index is 12.1. The van der Waals surface area contributed by atoms with Crippen LogP contribution in [0.25, 0.3) is 5.78 Å². The Balaban J connectivity index is 1.60. The van der Waals surface area contributed by atoms with Crippen LogP contribution < -0.4 is 5.32 Å². The van der Waals surface area contributed by atoms with Gasteiger partial charge in [0.2, 0.25) is 0 Å². The van der Waals surface area contributed by atoms with Crippen molar-refractivity contribution in [3.63, 3.8) is 0 Å². The van der Waals surface area contributed by atoms with E-state index in [1.807, 2.05) is 57.2 Å². The fourth-order valence-electron chi connectivity index (χ4n) is 2.56. The third-order valence-electron chi connectivity index (χ3n) is 3.81. The number of benzene rings is 1. The number of hydrogen-bond donors (Lipinski definition) is 1. The second-order valence-electron chi connectivity index (χ2n) is 5.96. The van der Waals surface area contributed by atoms with Crippen molar-refractivity contribution in [2.45, 2.75) is 26.8 Å². The van der Waals surface area contributed by atoms with Crippen molar-refractivity contribution in [1.29, 1.82) is 0 Å². The molecule has 1 N–H and O–H groups in total. The summed E-state index contributed by atoms with van der Waals surface area (Å²) in [6.07, 6.45) is 0. The third kappa shape index (κ3) is 3.85. The molecule has 0 aliphatic heterocycles. The van der Waals surface area contributed by atoms with Gasteiger partial charge in [-0.05, 0) is 32.4 Å². The Bertz CT molecular complexity index is 952. The van der Waals surface area contributed by atoms with Gasteiger partial charge in [-0.1, -0.05) is 30.3 Å². The third-order valence-corrected chi connectivity index (χ3v) is 3.81. The maximum atomic E-state index is 12.1. The first-order chi connectivity index (χ1) is 12.4. The van der Waals surface area contributed by atoms with Crippen molar-refractivity contribution in [3.8, 4) is 0 Å². The topological polar surface area (TPSA) is 98.5 Å². The molecule has 1 unspecified atom stereocenters. The van der Waals surface area contributed by atoms with E-state index in [0.717, 1.165) is 17.0 Å². The van der Waals surface area contributed by atoms with E-state index in [4.69, 9.17) is 4.74 Å². The second kappa shape index (κ2) is 7.30. The Labute approximate surface area is 150 Å². The van der Waals surface area contributed by atoms with Gasteiger partial charge in [0.25, 0.3) is 17.5 Å². The molecule has 0 saturated carbocycles. The number of fused-ring (bicyclic) bond motifs is 1. The lowest BCUT2D eigenvalue weighted by Gasteiger charge is -2.13. The molecule has 3 rings (SSSR count). The molecule has 2 aromatic heterocycles. The summed E-state index contributed by atoms with van der Waals surface area (Å²) in [5.41, 5.74) is 2.54. The minimum absolute atomic E-state index is 0.130. The molecule has 26 heavy (non-hydrogen) atoms. The lowest BCUT2D eigenvalue weighted by Crippen LogP contribution is -2.31. The van der Waals surface area contributed by atoms with Gasteiger partial charge in [-0.2, -0.15) is 4.98 Å². The molecule has 0 aliphatic rings. The Morgan fingerprint density at radius 1 is 1.19 bits per heavy atom. The Kier molecular flexibility index (Phi) is 4.92. The highest BCUT2D eigenvalue weighted by Gasteiger charge is 2.18. The molecule has 2 heterocycles. The summed E-state index contributed by atoms with van der Waals surface area (Å²) in [5, 5.41) is 6.85. The number of esters is 1. The fraction of sp³-hybridized carbons (Fsp3) is 0.278. The number of carbonyl (C=O) groups excluding carboxylic acids is 2. The maximum Gasteiger partial charge on any atom is 0.378 e. The smallest absolute Gasteiger partial charge is 0.378 e. The molecule has 0 saturated heterocycles. The highest BCUT2D eigenvalue weighted by molar-refractivity contribution is 5.88. The average Bonchev–Trinajstić information content (AvgIpc) is 3.05. The number of nitrogens with zero attached hydrogens (tertiary/aromatic N) is 4. The molecular formula is C18H19N5O3. The first-order valence-electron chi connectivity index (χ1n) is 8.16. The van der Waals surface area contributed by atoms with Gasteiger partial charge in [-0.25, -0.2) is 14.3 Å². The summed E-state index contributed by atoms with van der Waals surface area (Å²) < 4.78 is 6.47. The highest BCUT2D eigenvalue weighted by Crippen LogP contribution is 2.11. The Morgan fingerprint density at radius 3 is 2.65 bits per heavy atom. The number of aryl methyl sites for hydroxylation is 2. The molecule has 8 heteroatoms. The minimum Gasteiger partial charge on any atom is -0.450 e. The zero-order valence-electron chi connectivity index (χ0n) is 14.8. The minimum atomic E-state index is -0.768. The van der Waals surface area contributed by atoms with Crippen molar-refractivity contribution in [2.75, 3.05) is 6.61 Å². The number of aromatic nitrogens is 4. The zero-order valence-corrected chi connectivity index (χ0v) is 14.8. The molecular weight excluding hydrogens is 334 g/mol. The quantitative estimate of drug-likeness (QED) is 0.702. The van der Waals surface area contributed by atoms with E-state index in [1.54, 1.807) is 0 Å². The van der Waals surface area contributed by atoms with Crippen molar-refractivity contribution >= 4 is 17.7 Å². The first-order valence-corrected chi connectivity index (χ1v) is 8.16. The van der Waals surface area contributed by atoms with Crippen molar-refractivity contribution < 1.29 is 14.3 Å². The van der Waals surface area contributed by atoms with Crippen molar-refractivity contribution in [3.05, 3.63) is 59.2 Å². The van der Waals surface area contributed by atoms with Crippen LogP contribution in [-0.2, 0) is 9.53 Å². The van der Waals surface area contributed by atoms with Crippen LogP contribution in [0.15, 0.2) is 36.4 Å². The SMILES string of the molecule is Cc1cc(C)n2nc(C(=O)OCC(=O)NC(C)c3ccccc3)nc2n1. The van der Waals surface area contributed by atoms with Gasteiger partial charge < -0.3 is 10.1 Å². The van der Waals surface area contributed by atoms with E-state index >= 15 is 0 Å². The second-order valence-corrected chi connectivity index (χ2v) is 5.96. The van der Waals surface area contributed by atoms with Crippen molar-refractivity contribution in [1.82, 2.24) is 24.9 Å². The largest absolute Gasteiger partial charge is 0.450 e. The molecule has 134 valence electrons. The molecule has 1 aromatic carbocycles. The van der Waals surface area contributed by atoms with Crippen molar-refractivity contribution in [2.24, 2.45) is 0 Å². The van der Waals surface area contributed by atoms with Crippen LogP contribution in [0.4, 0.5) is 0 Å². The first kappa shape index (κ1) is 17.5. The summed E-state index contributed by atoms with van der Waals surface area (Å²) in [5.74, 6) is -0.981. The monoisotopic (exact) mass is 353 g/mol. The summed E-state index contributed by atoms with van der Waals surface area (Å²) >= 11 is 0. The van der Waals surface area contributed by atoms with Crippen LogP contribution in [0.5, 0.6) is 0 Å². The van der Waals surface area contributed by atoms with Crippen LogP contribution in [0.1, 0.15) is 40.5 Å². The Hall–Kier alpha value is -3.29. The lowest BCUT2D eigenvalue weighted by molar-refractivity contribution is -0.124. The molecule has 0 radical (unpaired) electrons. The number of ether oxygens (including phenoxy) is 1. The van der Waals surface area contributed by atoms with Crippen LogP contribution in [0.3, 0.4) is 0 Å². The molecule has 8 nitrogen and oxygen atoms in total. The number of carbonyl (C=O) groups is 2. The summed E-state index contributed by atoms with van der Waals surface area (Å²) in [4.78, 5) is 32.4. The molecule has 3 aromatic rings. The number of nitrogens with one attached hydrogen (secondary N) is 1. The predicted octanol–water partition coefficient (Wildman–Crippen LogP) is 1.78. The Morgan fingerprint density at radius 2 is 1.92 bits per heavy atom. The van der Waals surface area contributed by atoms with Gasteiger partial charge in [-0.15, -0.1) is 5.10 Å². The van der Waals surface area contributed by atoms with E-state index in [-0.39, 0.29) is 11.9 Å². The molecule has 0 fully saturated rings. The summed E-state index contributed by atoms with van der Waals surface area (Å²) in [7, 11) is 0. The van der Waals surface area contributed by atoms with E-state index in [2.05, 4.69) is 20.4 Å². The van der Waals surface area contributed by atoms with E-state index in [9.17, 15) is 9.59 Å². The van der Waals surface area contributed by atoms with Crippen LogP contribution >= 0.6 is 0 Å². The van der Waals surface area contributed by atoms with Crippen LogP contribution in [0, 0.1) is 13.8 Å². The normalized spacial score (nSPS) is 12.0. The molecule has 0 bridgehead atoms.